The molecule has 0 atom stereocenters. The molecule has 39 heavy (non-hydrogen) atoms. The van der Waals surface area contributed by atoms with E-state index >= 15 is 0 Å². The molecule has 2 heterocycles. The first-order valence-corrected chi connectivity index (χ1v) is 12.8. The van der Waals surface area contributed by atoms with Crippen LogP contribution in [0, 0.1) is 11.3 Å². The SMILES string of the molecule is N#Cc1ccc(-c2nc(-c3ccccc3)cc(-c3ccc(-n4c5ccccc5c5ccccc54)cc3)n2)cc1. The zero-order chi connectivity index (χ0) is 26.2. The minimum atomic E-state index is 0.610. The standard InChI is InChI=1S/C35H22N4/c36-23-24-14-16-27(17-15-24)35-37-31(25-8-2-1-3-9-25)22-32(38-35)26-18-20-28(21-19-26)39-33-12-6-4-10-29(33)30-11-5-7-13-34(30)39/h1-22H. The van der Waals surface area contributed by atoms with Crippen LogP contribution < -0.4 is 0 Å². The molecular weight excluding hydrogens is 476 g/mol. The Morgan fingerprint density at radius 2 is 1.03 bits per heavy atom. The second-order valence-electron chi connectivity index (χ2n) is 9.43. The van der Waals surface area contributed by atoms with Crippen LogP contribution in [-0.2, 0) is 0 Å². The highest BCUT2D eigenvalue weighted by Gasteiger charge is 2.13. The summed E-state index contributed by atoms with van der Waals surface area (Å²) < 4.78 is 2.31. The summed E-state index contributed by atoms with van der Waals surface area (Å²) in [6.45, 7) is 0. The van der Waals surface area contributed by atoms with Crippen molar-refractivity contribution < 1.29 is 0 Å². The van der Waals surface area contributed by atoms with E-state index in [0.29, 0.717) is 11.4 Å². The number of hydrogen-bond donors (Lipinski definition) is 0. The Balaban J connectivity index is 1.36. The average Bonchev–Trinajstić information content (AvgIpc) is 3.36. The lowest BCUT2D eigenvalue weighted by molar-refractivity contribution is 1.17. The van der Waals surface area contributed by atoms with Crippen molar-refractivity contribution >= 4 is 21.8 Å². The summed E-state index contributed by atoms with van der Waals surface area (Å²) in [4.78, 5) is 9.83. The maximum atomic E-state index is 9.21. The molecule has 0 radical (unpaired) electrons. The van der Waals surface area contributed by atoms with E-state index in [9.17, 15) is 5.26 Å². The number of nitriles is 1. The maximum Gasteiger partial charge on any atom is 0.160 e. The van der Waals surface area contributed by atoms with Crippen molar-refractivity contribution in [2.24, 2.45) is 0 Å². The smallest absolute Gasteiger partial charge is 0.160 e. The van der Waals surface area contributed by atoms with Crippen LogP contribution in [0.15, 0.2) is 133 Å². The average molecular weight is 499 g/mol. The molecule has 4 heteroatoms. The van der Waals surface area contributed by atoms with Gasteiger partial charge in [0.05, 0.1) is 34.1 Å². The minimum absolute atomic E-state index is 0.610. The summed E-state index contributed by atoms with van der Waals surface area (Å²) >= 11 is 0. The predicted octanol–water partition coefficient (Wildman–Crippen LogP) is 8.45. The quantitative estimate of drug-likeness (QED) is 0.245. The molecule has 0 bridgehead atoms. The first-order chi connectivity index (χ1) is 19.3. The number of benzene rings is 5. The van der Waals surface area contributed by atoms with E-state index < -0.39 is 0 Å². The number of rotatable bonds is 4. The van der Waals surface area contributed by atoms with Crippen LogP contribution >= 0.6 is 0 Å². The molecule has 0 fully saturated rings. The topological polar surface area (TPSA) is 54.5 Å². The molecule has 0 spiro atoms. The fourth-order valence-electron chi connectivity index (χ4n) is 5.16. The van der Waals surface area contributed by atoms with Gasteiger partial charge in [-0.3, -0.25) is 0 Å². The number of nitrogens with zero attached hydrogens (tertiary/aromatic N) is 4. The van der Waals surface area contributed by atoms with Gasteiger partial charge in [0, 0.05) is 33.2 Å². The van der Waals surface area contributed by atoms with Crippen LogP contribution in [0.4, 0.5) is 0 Å². The number of hydrogen-bond acceptors (Lipinski definition) is 3. The Labute approximate surface area is 226 Å². The Morgan fingerprint density at radius 1 is 0.513 bits per heavy atom. The van der Waals surface area contributed by atoms with E-state index in [1.807, 2.05) is 36.4 Å². The lowest BCUT2D eigenvalue weighted by Gasteiger charge is -2.11. The number of para-hydroxylation sites is 2. The number of fused-ring (bicyclic) bond motifs is 3. The Bertz CT molecular complexity index is 1940. The molecule has 7 aromatic rings. The van der Waals surface area contributed by atoms with E-state index in [2.05, 4.69) is 95.6 Å². The Hall–Kier alpha value is -5.53. The molecule has 0 aliphatic rings. The summed E-state index contributed by atoms with van der Waals surface area (Å²) in [5, 5.41) is 11.7. The largest absolute Gasteiger partial charge is 0.309 e. The van der Waals surface area contributed by atoms with Gasteiger partial charge in [0.15, 0.2) is 5.82 Å². The van der Waals surface area contributed by atoms with Gasteiger partial charge in [-0.15, -0.1) is 0 Å². The highest BCUT2D eigenvalue weighted by atomic mass is 15.0. The van der Waals surface area contributed by atoms with Crippen LogP contribution in [0.3, 0.4) is 0 Å². The lowest BCUT2D eigenvalue weighted by atomic mass is 10.1. The fourth-order valence-corrected chi connectivity index (χ4v) is 5.16. The lowest BCUT2D eigenvalue weighted by Crippen LogP contribution is -1.97. The summed E-state index contributed by atoms with van der Waals surface area (Å²) in [6, 6.07) is 47.4. The van der Waals surface area contributed by atoms with Gasteiger partial charge in [0.1, 0.15) is 0 Å². The highest BCUT2D eigenvalue weighted by molar-refractivity contribution is 6.09. The van der Waals surface area contributed by atoms with Gasteiger partial charge >= 0.3 is 0 Å². The molecule has 0 N–H and O–H groups in total. The third kappa shape index (κ3) is 4.03. The summed E-state index contributed by atoms with van der Waals surface area (Å²) in [5.74, 6) is 0.627. The van der Waals surface area contributed by atoms with Crippen molar-refractivity contribution in [2.75, 3.05) is 0 Å². The van der Waals surface area contributed by atoms with Crippen molar-refractivity contribution in [1.29, 1.82) is 5.26 Å². The third-order valence-corrected chi connectivity index (χ3v) is 7.07. The molecule has 5 aromatic carbocycles. The first-order valence-electron chi connectivity index (χ1n) is 12.8. The van der Waals surface area contributed by atoms with E-state index in [0.717, 1.165) is 33.8 Å². The van der Waals surface area contributed by atoms with Gasteiger partial charge in [0.2, 0.25) is 0 Å². The molecular formula is C35H22N4. The molecule has 0 aliphatic carbocycles. The normalized spacial score (nSPS) is 11.1. The van der Waals surface area contributed by atoms with Crippen LogP contribution in [0.2, 0.25) is 0 Å². The molecule has 0 amide bonds. The summed E-state index contributed by atoms with van der Waals surface area (Å²) in [7, 11) is 0. The zero-order valence-electron chi connectivity index (χ0n) is 21.0. The summed E-state index contributed by atoms with van der Waals surface area (Å²) in [6.07, 6.45) is 0. The van der Waals surface area contributed by atoms with Crippen LogP contribution in [0.1, 0.15) is 5.56 Å². The molecule has 182 valence electrons. The van der Waals surface area contributed by atoms with Crippen molar-refractivity contribution in [3.8, 4) is 45.7 Å². The van der Waals surface area contributed by atoms with Crippen molar-refractivity contribution in [1.82, 2.24) is 14.5 Å². The minimum Gasteiger partial charge on any atom is -0.309 e. The molecule has 2 aromatic heterocycles. The van der Waals surface area contributed by atoms with Gasteiger partial charge in [-0.2, -0.15) is 5.26 Å². The van der Waals surface area contributed by atoms with E-state index in [1.165, 1.54) is 21.8 Å². The maximum absolute atomic E-state index is 9.21. The molecule has 0 saturated carbocycles. The zero-order valence-corrected chi connectivity index (χ0v) is 21.0. The van der Waals surface area contributed by atoms with E-state index in [4.69, 9.17) is 9.97 Å². The van der Waals surface area contributed by atoms with Crippen LogP contribution in [0.25, 0.3) is 61.4 Å². The second kappa shape index (κ2) is 9.41. The second-order valence-corrected chi connectivity index (χ2v) is 9.43. The molecule has 0 saturated heterocycles. The van der Waals surface area contributed by atoms with E-state index in [-0.39, 0.29) is 0 Å². The van der Waals surface area contributed by atoms with Crippen molar-refractivity contribution in [2.45, 2.75) is 0 Å². The fraction of sp³-hybridized carbons (Fsp3) is 0. The Morgan fingerprint density at radius 3 is 1.62 bits per heavy atom. The number of aromatic nitrogens is 3. The van der Waals surface area contributed by atoms with Gasteiger partial charge in [-0.25, -0.2) is 9.97 Å². The Kier molecular flexibility index (Phi) is 5.46. The molecule has 7 rings (SSSR count). The van der Waals surface area contributed by atoms with Gasteiger partial charge < -0.3 is 4.57 Å². The monoisotopic (exact) mass is 498 g/mol. The van der Waals surface area contributed by atoms with Crippen molar-refractivity contribution in [3.05, 3.63) is 139 Å². The molecule has 0 unspecified atom stereocenters. The van der Waals surface area contributed by atoms with Crippen molar-refractivity contribution in [3.63, 3.8) is 0 Å². The molecule has 0 aliphatic heterocycles. The van der Waals surface area contributed by atoms with Gasteiger partial charge in [-0.1, -0.05) is 78.9 Å². The molecule has 4 nitrogen and oxygen atoms in total. The highest BCUT2D eigenvalue weighted by Crippen LogP contribution is 2.33. The third-order valence-electron chi connectivity index (χ3n) is 7.07. The van der Waals surface area contributed by atoms with Crippen LogP contribution in [-0.4, -0.2) is 14.5 Å². The van der Waals surface area contributed by atoms with Gasteiger partial charge in [-0.05, 0) is 54.6 Å². The first kappa shape index (κ1) is 22.7. The van der Waals surface area contributed by atoms with E-state index in [1.54, 1.807) is 12.1 Å². The summed E-state index contributed by atoms with van der Waals surface area (Å²) in [5.41, 5.74) is 8.68. The van der Waals surface area contributed by atoms with Gasteiger partial charge in [0.25, 0.3) is 0 Å². The predicted molar refractivity (Wildman–Crippen MR) is 157 cm³/mol. The van der Waals surface area contributed by atoms with Crippen LogP contribution in [0.5, 0.6) is 0 Å².